The molecule has 4 N–H and O–H groups in total. The van der Waals surface area contributed by atoms with Crippen LogP contribution in [0.4, 0.5) is 4.79 Å². The molecule has 9 nitrogen and oxygen atoms in total. The molecule has 0 aliphatic carbocycles. The zero-order valence-electron chi connectivity index (χ0n) is 13.0. The predicted octanol–water partition coefficient (Wildman–Crippen LogP) is -0.829. The van der Waals surface area contributed by atoms with Gasteiger partial charge in [0.15, 0.2) is 0 Å². The molecule has 1 fully saturated rings. The molecular formula is C13H22N6O3. The largest absolute Gasteiger partial charge is 0.444 e. The molecule has 1 aliphatic rings. The monoisotopic (exact) mass is 310 g/mol. The summed E-state index contributed by atoms with van der Waals surface area (Å²) in [4.78, 5) is 22.5. The van der Waals surface area contributed by atoms with Crippen molar-refractivity contribution in [3.63, 3.8) is 0 Å². The smallest absolute Gasteiger partial charge is 0.407 e. The molecule has 9 heteroatoms. The SMILES string of the molecule is CC(C)(C)OC(=O)NCCn1cc(C[C@H]2NC(=O)[C@H]2N)nn1. The number of hydrogen-bond donors (Lipinski definition) is 3. The highest BCUT2D eigenvalue weighted by atomic mass is 16.6. The van der Waals surface area contributed by atoms with Crippen LogP contribution in [0.5, 0.6) is 0 Å². The van der Waals surface area contributed by atoms with E-state index < -0.39 is 17.7 Å². The lowest BCUT2D eigenvalue weighted by atomic mass is 9.96. The minimum atomic E-state index is -0.517. The number of nitrogens with two attached hydrogens (primary N) is 1. The van der Waals surface area contributed by atoms with Gasteiger partial charge in [0.2, 0.25) is 5.91 Å². The molecule has 0 spiro atoms. The molecule has 1 aromatic rings. The van der Waals surface area contributed by atoms with E-state index in [0.29, 0.717) is 19.5 Å². The summed E-state index contributed by atoms with van der Waals surface area (Å²) in [7, 11) is 0. The van der Waals surface area contributed by atoms with Gasteiger partial charge in [-0.3, -0.25) is 9.48 Å². The van der Waals surface area contributed by atoms with Gasteiger partial charge in [-0.05, 0) is 20.8 Å². The van der Waals surface area contributed by atoms with E-state index in [1.54, 1.807) is 31.6 Å². The molecule has 0 aromatic carbocycles. The van der Waals surface area contributed by atoms with Gasteiger partial charge >= 0.3 is 6.09 Å². The lowest BCUT2D eigenvalue weighted by Gasteiger charge is -2.33. The normalized spacial score (nSPS) is 21.0. The van der Waals surface area contributed by atoms with E-state index in [1.807, 2.05) is 0 Å². The van der Waals surface area contributed by atoms with Crippen molar-refractivity contribution in [3.05, 3.63) is 11.9 Å². The van der Waals surface area contributed by atoms with Crippen molar-refractivity contribution in [2.75, 3.05) is 6.54 Å². The summed E-state index contributed by atoms with van der Waals surface area (Å²) < 4.78 is 6.75. The molecule has 0 radical (unpaired) electrons. The van der Waals surface area contributed by atoms with Gasteiger partial charge in [-0.1, -0.05) is 5.21 Å². The maximum absolute atomic E-state index is 11.5. The topological polar surface area (TPSA) is 124 Å². The Bertz CT molecular complexity index is 550. The van der Waals surface area contributed by atoms with Gasteiger partial charge in [-0.15, -0.1) is 5.10 Å². The highest BCUT2D eigenvalue weighted by molar-refractivity contribution is 5.89. The van der Waals surface area contributed by atoms with E-state index in [9.17, 15) is 9.59 Å². The van der Waals surface area contributed by atoms with Crippen LogP contribution < -0.4 is 16.4 Å². The number of hydrogen-bond acceptors (Lipinski definition) is 6. The van der Waals surface area contributed by atoms with Crippen LogP contribution in [-0.2, 0) is 22.5 Å². The Balaban J connectivity index is 1.71. The number of ether oxygens (including phenoxy) is 1. The number of amides is 2. The maximum Gasteiger partial charge on any atom is 0.407 e. The van der Waals surface area contributed by atoms with E-state index in [0.717, 1.165) is 5.69 Å². The first-order valence-electron chi connectivity index (χ1n) is 7.16. The van der Waals surface area contributed by atoms with Crippen molar-refractivity contribution in [3.8, 4) is 0 Å². The third-order valence-electron chi connectivity index (χ3n) is 3.09. The van der Waals surface area contributed by atoms with Crippen LogP contribution in [0.1, 0.15) is 26.5 Å². The second-order valence-electron chi connectivity index (χ2n) is 6.25. The molecule has 0 saturated carbocycles. The molecular weight excluding hydrogens is 288 g/mol. The average Bonchev–Trinajstić information content (AvgIpc) is 2.83. The lowest BCUT2D eigenvalue weighted by Crippen LogP contribution is -2.67. The Morgan fingerprint density at radius 1 is 1.55 bits per heavy atom. The number of nitrogens with one attached hydrogen (secondary N) is 2. The Kier molecular flexibility index (Phi) is 4.65. The zero-order chi connectivity index (χ0) is 16.3. The molecule has 122 valence electrons. The average molecular weight is 310 g/mol. The van der Waals surface area contributed by atoms with Gasteiger partial charge in [0.05, 0.1) is 18.3 Å². The Morgan fingerprint density at radius 3 is 2.86 bits per heavy atom. The van der Waals surface area contributed by atoms with Gasteiger partial charge in [0, 0.05) is 19.2 Å². The number of carbonyl (C=O) groups is 2. The van der Waals surface area contributed by atoms with Crippen LogP contribution in [0.2, 0.25) is 0 Å². The minimum absolute atomic E-state index is 0.0856. The molecule has 0 unspecified atom stereocenters. The summed E-state index contributed by atoms with van der Waals surface area (Å²) in [6.07, 6.45) is 1.86. The zero-order valence-corrected chi connectivity index (χ0v) is 13.0. The van der Waals surface area contributed by atoms with Crippen molar-refractivity contribution in [2.45, 2.75) is 51.4 Å². The van der Waals surface area contributed by atoms with E-state index in [1.165, 1.54) is 0 Å². The first-order valence-corrected chi connectivity index (χ1v) is 7.16. The molecule has 2 rings (SSSR count). The third-order valence-corrected chi connectivity index (χ3v) is 3.09. The maximum atomic E-state index is 11.5. The summed E-state index contributed by atoms with van der Waals surface area (Å²) in [6, 6.07) is -0.559. The van der Waals surface area contributed by atoms with E-state index in [2.05, 4.69) is 20.9 Å². The van der Waals surface area contributed by atoms with E-state index in [-0.39, 0.29) is 11.9 Å². The van der Waals surface area contributed by atoms with Crippen LogP contribution >= 0.6 is 0 Å². The van der Waals surface area contributed by atoms with Gasteiger partial charge < -0.3 is 21.1 Å². The predicted molar refractivity (Wildman–Crippen MR) is 77.9 cm³/mol. The summed E-state index contributed by atoms with van der Waals surface area (Å²) in [5, 5.41) is 13.3. The van der Waals surface area contributed by atoms with Crippen LogP contribution in [0.3, 0.4) is 0 Å². The second-order valence-corrected chi connectivity index (χ2v) is 6.25. The van der Waals surface area contributed by atoms with Gasteiger partial charge in [0.1, 0.15) is 11.6 Å². The first-order chi connectivity index (χ1) is 10.2. The molecule has 1 saturated heterocycles. The quantitative estimate of drug-likeness (QED) is 0.610. The summed E-state index contributed by atoms with van der Waals surface area (Å²) in [6.45, 7) is 6.29. The van der Waals surface area contributed by atoms with Crippen molar-refractivity contribution in [2.24, 2.45) is 5.73 Å². The number of nitrogens with zero attached hydrogens (tertiary/aromatic N) is 3. The standard InChI is InChI=1S/C13H22N6O3/c1-13(2,3)22-12(21)15-4-5-19-7-8(17-18-19)6-9-10(14)11(20)16-9/h7,9-10H,4-6,14H2,1-3H3,(H,15,21)(H,16,20)/t9-,10+/m1/s1. The van der Waals surface area contributed by atoms with Gasteiger partial charge in [0.25, 0.3) is 0 Å². The van der Waals surface area contributed by atoms with Crippen molar-refractivity contribution < 1.29 is 14.3 Å². The van der Waals surface area contributed by atoms with Gasteiger partial charge in [-0.25, -0.2) is 4.79 Å². The van der Waals surface area contributed by atoms with Crippen LogP contribution in [0.25, 0.3) is 0 Å². The third kappa shape index (κ3) is 4.42. The Morgan fingerprint density at radius 2 is 2.27 bits per heavy atom. The van der Waals surface area contributed by atoms with E-state index >= 15 is 0 Å². The molecule has 1 aromatic heterocycles. The summed E-state index contributed by atoms with van der Waals surface area (Å²) >= 11 is 0. The first kappa shape index (κ1) is 16.2. The van der Waals surface area contributed by atoms with Crippen molar-refractivity contribution >= 4 is 12.0 Å². The second kappa shape index (κ2) is 6.30. The summed E-state index contributed by atoms with van der Waals surface area (Å²) in [5.41, 5.74) is 5.89. The molecule has 22 heavy (non-hydrogen) atoms. The molecule has 1 aliphatic heterocycles. The highest BCUT2D eigenvalue weighted by Crippen LogP contribution is 2.09. The fraction of sp³-hybridized carbons (Fsp3) is 0.692. The number of β-lactam (4-membered cyclic amide) rings is 1. The lowest BCUT2D eigenvalue weighted by molar-refractivity contribution is -0.130. The highest BCUT2D eigenvalue weighted by Gasteiger charge is 2.36. The van der Waals surface area contributed by atoms with Gasteiger partial charge in [-0.2, -0.15) is 0 Å². The molecule has 2 amide bonds. The molecule has 2 heterocycles. The molecule has 0 bridgehead atoms. The Labute approximate surface area is 128 Å². The minimum Gasteiger partial charge on any atom is -0.444 e. The number of alkyl carbamates (subject to hydrolysis) is 1. The summed E-state index contributed by atoms with van der Waals surface area (Å²) in [5.74, 6) is -0.140. The van der Waals surface area contributed by atoms with Crippen molar-refractivity contribution in [1.82, 2.24) is 25.6 Å². The van der Waals surface area contributed by atoms with Crippen LogP contribution in [-0.4, -0.2) is 51.2 Å². The molecule has 2 atom stereocenters. The van der Waals surface area contributed by atoms with E-state index in [4.69, 9.17) is 10.5 Å². The fourth-order valence-electron chi connectivity index (χ4n) is 1.99. The van der Waals surface area contributed by atoms with Crippen LogP contribution in [0, 0.1) is 0 Å². The Hall–Kier alpha value is -2.16. The number of rotatable bonds is 5. The number of carbonyl (C=O) groups excluding carboxylic acids is 2. The fourth-order valence-corrected chi connectivity index (χ4v) is 1.99. The number of aromatic nitrogens is 3. The van der Waals surface area contributed by atoms with Crippen LogP contribution in [0.15, 0.2) is 6.20 Å². The van der Waals surface area contributed by atoms with Crippen molar-refractivity contribution in [1.29, 1.82) is 0 Å².